The zero-order valence-electron chi connectivity index (χ0n) is 11.3. The van der Waals surface area contributed by atoms with Crippen LogP contribution in [0, 0.1) is 0 Å². The molecule has 1 atom stereocenters. The van der Waals surface area contributed by atoms with Crippen LogP contribution in [0.25, 0.3) is 4.96 Å². The lowest BCUT2D eigenvalue weighted by molar-refractivity contribution is 0.269. The molecule has 0 aliphatic heterocycles. The third-order valence-electron chi connectivity index (χ3n) is 3.73. The fourth-order valence-corrected chi connectivity index (χ4v) is 2.86. The lowest BCUT2D eigenvalue weighted by Gasteiger charge is -2.24. The van der Waals surface area contributed by atoms with Crippen molar-refractivity contribution in [2.24, 2.45) is 0 Å². The van der Waals surface area contributed by atoms with E-state index < -0.39 is 0 Å². The van der Waals surface area contributed by atoms with Crippen LogP contribution >= 0.6 is 11.3 Å². The molecule has 1 aliphatic carbocycles. The first kappa shape index (κ1) is 12.9. The summed E-state index contributed by atoms with van der Waals surface area (Å²) in [7, 11) is 1.99. The average Bonchev–Trinajstić information content (AvgIpc) is 3.02. The number of hydrogen-bond acceptors (Lipinski definition) is 5. The highest BCUT2D eigenvalue weighted by Crippen LogP contribution is 2.26. The van der Waals surface area contributed by atoms with E-state index in [1.165, 1.54) is 18.5 Å². The molecule has 104 valence electrons. The Morgan fingerprint density at radius 3 is 3.11 bits per heavy atom. The zero-order chi connectivity index (χ0) is 13.4. The van der Waals surface area contributed by atoms with Crippen LogP contribution < -0.4 is 10.2 Å². The fraction of sp³-hybridized carbons (Fsp3) is 0.615. The second kappa shape index (κ2) is 5.11. The van der Waals surface area contributed by atoms with Gasteiger partial charge in [-0.05, 0) is 19.8 Å². The Labute approximate surface area is 116 Å². The molecule has 0 bridgehead atoms. The van der Waals surface area contributed by atoms with E-state index in [0.29, 0.717) is 6.04 Å². The summed E-state index contributed by atoms with van der Waals surface area (Å²) in [5, 5.41) is 14.9. The maximum Gasteiger partial charge on any atom is 0.195 e. The number of anilines is 1. The van der Waals surface area contributed by atoms with Gasteiger partial charge in [-0.1, -0.05) is 0 Å². The molecule has 0 amide bonds. The smallest absolute Gasteiger partial charge is 0.195 e. The van der Waals surface area contributed by atoms with Crippen LogP contribution in [0.3, 0.4) is 0 Å². The van der Waals surface area contributed by atoms with Crippen LogP contribution in [0.1, 0.15) is 25.5 Å². The Morgan fingerprint density at radius 1 is 1.63 bits per heavy atom. The molecular formula is C13H20N4OS. The van der Waals surface area contributed by atoms with Gasteiger partial charge in [0.1, 0.15) is 0 Å². The van der Waals surface area contributed by atoms with Crippen molar-refractivity contribution in [3.63, 3.8) is 0 Å². The third kappa shape index (κ3) is 2.48. The molecule has 0 radical (unpaired) electrons. The van der Waals surface area contributed by atoms with Gasteiger partial charge in [-0.3, -0.25) is 4.40 Å². The van der Waals surface area contributed by atoms with E-state index in [0.717, 1.165) is 17.3 Å². The maximum absolute atomic E-state index is 9.32. The summed E-state index contributed by atoms with van der Waals surface area (Å²) < 4.78 is 2.15. The number of rotatable bonds is 6. The van der Waals surface area contributed by atoms with Gasteiger partial charge in [0.05, 0.1) is 18.3 Å². The van der Waals surface area contributed by atoms with E-state index >= 15 is 0 Å². The van der Waals surface area contributed by atoms with Gasteiger partial charge in [-0.2, -0.15) is 0 Å². The minimum Gasteiger partial charge on any atom is -0.394 e. The summed E-state index contributed by atoms with van der Waals surface area (Å²) in [5.74, 6) is 0.974. The molecule has 1 aliphatic rings. The van der Waals surface area contributed by atoms with Crippen LogP contribution in [-0.2, 0) is 6.54 Å². The molecule has 1 unspecified atom stereocenters. The highest BCUT2D eigenvalue weighted by Gasteiger charge is 2.24. The van der Waals surface area contributed by atoms with Gasteiger partial charge in [-0.25, -0.2) is 4.98 Å². The van der Waals surface area contributed by atoms with Crippen LogP contribution in [0.15, 0.2) is 11.6 Å². The van der Waals surface area contributed by atoms with E-state index in [-0.39, 0.29) is 12.6 Å². The molecular weight excluding hydrogens is 260 g/mol. The SMILES string of the molecule is CC(CO)N(C)c1nc2sccn2c1CNC1CC1. The molecule has 1 saturated carbocycles. The molecule has 2 heterocycles. The summed E-state index contributed by atoms with van der Waals surface area (Å²) in [4.78, 5) is 7.77. The summed E-state index contributed by atoms with van der Waals surface area (Å²) in [6, 6.07) is 0.752. The Morgan fingerprint density at radius 2 is 2.42 bits per heavy atom. The number of aliphatic hydroxyl groups is 1. The van der Waals surface area contributed by atoms with Gasteiger partial charge < -0.3 is 15.3 Å². The predicted molar refractivity (Wildman–Crippen MR) is 77.9 cm³/mol. The predicted octanol–water partition coefficient (Wildman–Crippen LogP) is 1.46. The summed E-state index contributed by atoms with van der Waals surface area (Å²) in [5.41, 5.74) is 1.19. The van der Waals surface area contributed by atoms with Gasteiger partial charge in [0.25, 0.3) is 0 Å². The van der Waals surface area contributed by atoms with E-state index in [4.69, 9.17) is 4.98 Å². The Bertz CT molecular complexity index is 560. The van der Waals surface area contributed by atoms with E-state index in [9.17, 15) is 5.11 Å². The van der Waals surface area contributed by atoms with Crippen molar-refractivity contribution in [2.75, 3.05) is 18.6 Å². The molecule has 3 rings (SSSR count). The monoisotopic (exact) mass is 280 g/mol. The van der Waals surface area contributed by atoms with Crippen LogP contribution in [0.4, 0.5) is 5.82 Å². The Kier molecular flexibility index (Phi) is 3.47. The fourth-order valence-electron chi connectivity index (χ4n) is 2.13. The van der Waals surface area contributed by atoms with E-state index in [2.05, 4.69) is 26.2 Å². The van der Waals surface area contributed by atoms with Gasteiger partial charge in [0, 0.05) is 31.2 Å². The summed E-state index contributed by atoms with van der Waals surface area (Å²) in [6.07, 6.45) is 4.63. The number of aromatic nitrogens is 2. The normalized spacial score (nSPS) is 17.0. The lowest BCUT2D eigenvalue weighted by Crippen LogP contribution is -2.33. The lowest BCUT2D eigenvalue weighted by atomic mass is 10.3. The van der Waals surface area contributed by atoms with Crippen LogP contribution in [0.5, 0.6) is 0 Å². The molecule has 5 nitrogen and oxygen atoms in total. The first-order valence-electron chi connectivity index (χ1n) is 6.72. The van der Waals surface area contributed by atoms with Crippen molar-refractivity contribution < 1.29 is 5.11 Å². The van der Waals surface area contributed by atoms with Crippen molar-refractivity contribution in [3.8, 4) is 0 Å². The van der Waals surface area contributed by atoms with Crippen LogP contribution in [-0.4, -0.2) is 40.2 Å². The molecule has 19 heavy (non-hydrogen) atoms. The quantitative estimate of drug-likeness (QED) is 0.841. The first-order chi connectivity index (χ1) is 9.20. The second-order valence-electron chi connectivity index (χ2n) is 5.24. The maximum atomic E-state index is 9.32. The number of imidazole rings is 1. The molecule has 2 aromatic heterocycles. The van der Waals surface area contributed by atoms with Crippen molar-refractivity contribution >= 4 is 22.1 Å². The molecule has 2 aromatic rings. The molecule has 0 aromatic carbocycles. The highest BCUT2D eigenvalue weighted by molar-refractivity contribution is 7.15. The standard InChI is InChI=1S/C13H20N4OS/c1-9(8-18)16(2)12-11(7-14-10-3-4-10)17-5-6-19-13(17)15-12/h5-6,9-10,14,18H,3-4,7-8H2,1-2H3. The average molecular weight is 280 g/mol. The van der Waals surface area contributed by atoms with Crippen LogP contribution in [0.2, 0.25) is 0 Å². The molecule has 0 spiro atoms. The van der Waals surface area contributed by atoms with E-state index in [1.54, 1.807) is 11.3 Å². The molecule has 2 N–H and O–H groups in total. The number of nitrogens with zero attached hydrogens (tertiary/aromatic N) is 3. The van der Waals surface area contributed by atoms with Gasteiger partial charge in [0.2, 0.25) is 0 Å². The Hall–Kier alpha value is -1.11. The minimum atomic E-state index is 0.0734. The van der Waals surface area contributed by atoms with Crippen molar-refractivity contribution in [2.45, 2.75) is 38.4 Å². The van der Waals surface area contributed by atoms with Crippen molar-refractivity contribution in [1.29, 1.82) is 0 Å². The number of fused-ring (bicyclic) bond motifs is 1. The highest BCUT2D eigenvalue weighted by atomic mass is 32.1. The van der Waals surface area contributed by atoms with Crippen molar-refractivity contribution in [1.82, 2.24) is 14.7 Å². The number of nitrogens with one attached hydrogen (secondary N) is 1. The number of hydrogen-bond donors (Lipinski definition) is 2. The second-order valence-corrected chi connectivity index (χ2v) is 6.11. The van der Waals surface area contributed by atoms with Gasteiger partial charge in [-0.15, -0.1) is 11.3 Å². The minimum absolute atomic E-state index is 0.0734. The molecule has 6 heteroatoms. The Balaban J connectivity index is 1.91. The molecule has 1 fully saturated rings. The van der Waals surface area contributed by atoms with Crippen molar-refractivity contribution in [3.05, 3.63) is 17.3 Å². The molecule has 0 saturated heterocycles. The third-order valence-corrected chi connectivity index (χ3v) is 4.49. The van der Waals surface area contributed by atoms with Gasteiger partial charge in [0.15, 0.2) is 10.8 Å². The van der Waals surface area contributed by atoms with Gasteiger partial charge >= 0.3 is 0 Å². The number of aliphatic hydroxyl groups excluding tert-OH is 1. The summed E-state index contributed by atoms with van der Waals surface area (Å²) >= 11 is 1.64. The number of likely N-dealkylation sites (N-methyl/N-ethyl adjacent to an activating group) is 1. The largest absolute Gasteiger partial charge is 0.394 e. The van der Waals surface area contributed by atoms with E-state index in [1.807, 2.05) is 14.0 Å². The summed E-state index contributed by atoms with van der Waals surface area (Å²) in [6.45, 7) is 2.98. The topological polar surface area (TPSA) is 52.8 Å². The first-order valence-corrected chi connectivity index (χ1v) is 7.60. The zero-order valence-corrected chi connectivity index (χ0v) is 12.2. The number of thiazole rings is 1.